The largest absolute Gasteiger partial charge is 0.385 e. The number of halogens is 2. The van der Waals surface area contributed by atoms with E-state index in [1.807, 2.05) is 0 Å². The lowest BCUT2D eigenvalue weighted by molar-refractivity contribution is -0.698. The molecule has 0 spiro atoms. The molecule has 2 atom stereocenters. The van der Waals surface area contributed by atoms with Crippen LogP contribution in [0, 0.1) is 0 Å². The third-order valence-corrected chi connectivity index (χ3v) is 9.82. The molecule has 0 aromatic carbocycles. The van der Waals surface area contributed by atoms with Crippen LogP contribution in [0.5, 0.6) is 0 Å². The highest BCUT2D eigenvalue weighted by atomic mass is 79.9. The zero-order valence-electron chi connectivity index (χ0n) is 26.3. The third kappa shape index (κ3) is 17.5. The van der Waals surface area contributed by atoms with Gasteiger partial charge >= 0.3 is 0 Å². The Labute approximate surface area is 269 Å². The number of anilines is 2. The normalized spacial score (nSPS) is 12.8. The molecular weight excluding hydrogens is 636 g/mol. The van der Waals surface area contributed by atoms with Gasteiger partial charge < -0.3 is 10.6 Å². The van der Waals surface area contributed by atoms with Gasteiger partial charge in [0.05, 0.1) is 0 Å². The number of pyridine rings is 2. The highest BCUT2D eigenvalue weighted by Gasteiger charge is 2.16. The average molecular weight is 697 g/mol. The van der Waals surface area contributed by atoms with Crippen molar-refractivity contribution in [2.75, 3.05) is 23.7 Å². The fourth-order valence-electron chi connectivity index (χ4n) is 5.22. The Hall–Kier alpha value is -1.14. The van der Waals surface area contributed by atoms with Crippen molar-refractivity contribution in [3.8, 4) is 0 Å². The Morgan fingerprint density at radius 3 is 1.17 bits per heavy atom. The van der Waals surface area contributed by atoms with E-state index in [4.69, 9.17) is 0 Å². The molecular formula is C35H60Br2N4+2. The van der Waals surface area contributed by atoms with Crippen LogP contribution in [0.2, 0.25) is 0 Å². The molecule has 0 saturated heterocycles. The molecule has 0 aliphatic heterocycles. The zero-order chi connectivity index (χ0) is 29.4. The van der Waals surface area contributed by atoms with Crippen molar-refractivity contribution in [2.45, 2.75) is 146 Å². The van der Waals surface area contributed by atoms with E-state index in [1.54, 1.807) is 0 Å². The van der Waals surface area contributed by atoms with Crippen LogP contribution >= 0.6 is 31.9 Å². The summed E-state index contributed by atoms with van der Waals surface area (Å²) in [5, 5.41) is 7.16. The lowest BCUT2D eigenvalue weighted by atomic mass is 10.1. The topological polar surface area (TPSA) is 31.8 Å². The molecule has 2 aromatic heterocycles. The Bertz CT molecular complexity index is 788. The fraction of sp³-hybridized carbons (Fsp3) is 0.714. The highest BCUT2D eigenvalue weighted by Crippen LogP contribution is 2.21. The molecule has 0 radical (unpaired) electrons. The monoisotopic (exact) mass is 694 g/mol. The van der Waals surface area contributed by atoms with Gasteiger partial charge in [-0.25, -0.2) is 0 Å². The molecule has 2 unspecified atom stereocenters. The van der Waals surface area contributed by atoms with E-state index < -0.39 is 0 Å². The number of hydrogen-bond donors (Lipinski definition) is 2. The van der Waals surface area contributed by atoms with E-state index in [9.17, 15) is 0 Å². The maximum atomic E-state index is 3.90. The van der Waals surface area contributed by atoms with Crippen LogP contribution in [-0.2, 0) is 0 Å². The first kappa shape index (κ1) is 36.1. The maximum absolute atomic E-state index is 3.90. The van der Waals surface area contributed by atoms with E-state index in [1.165, 1.54) is 121 Å². The minimum Gasteiger partial charge on any atom is -0.385 e. The van der Waals surface area contributed by atoms with Gasteiger partial charge in [0.2, 0.25) is 9.90 Å². The fourth-order valence-corrected chi connectivity index (χ4v) is 6.41. The van der Waals surface area contributed by atoms with Crippen molar-refractivity contribution in [3.05, 3.63) is 49.1 Å². The second-order valence-electron chi connectivity index (χ2n) is 11.7. The summed E-state index contributed by atoms with van der Waals surface area (Å²) in [7, 11) is 0. The second kappa shape index (κ2) is 24.3. The predicted molar refractivity (Wildman–Crippen MR) is 185 cm³/mol. The molecule has 4 nitrogen and oxygen atoms in total. The van der Waals surface area contributed by atoms with Crippen molar-refractivity contribution in [3.63, 3.8) is 0 Å². The average Bonchev–Trinajstić information content (AvgIpc) is 3.00. The van der Waals surface area contributed by atoms with Gasteiger partial charge in [-0.3, -0.25) is 0 Å². The number of hydrogen-bond acceptors (Lipinski definition) is 2. The van der Waals surface area contributed by atoms with E-state index in [2.05, 4.69) is 115 Å². The minimum absolute atomic E-state index is 0.356. The molecule has 2 N–H and O–H groups in total. The van der Waals surface area contributed by atoms with Gasteiger partial charge in [-0.15, -0.1) is 0 Å². The summed E-state index contributed by atoms with van der Waals surface area (Å²) in [5.41, 5.74) is 2.45. The number of alkyl halides is 2. The second-order valence-corrected chi connectivity index (χ2v) is 13.8. The van der Waals surface area contributed by atoms with Gasteiger partial charge in [0, 0.05) is 61.6 Å². The molecule has 41 heavy (non-hydrogen) atoms. The first-order chi connectivity index (χ1) is 20.1. The summed E-state index contributed by atoms with van der Waals surface area (Å²) in [6, 6.07) is 8.83. The van der Waals surface area contributed by atoms with Crippen LogP contribution in [0.1, 0.15) is 146 Å². The lowest BCUT2D eigenvalue weighted by Crippen LogP contribution is -2.35. The molecule has 0 saturated carbocycles. The van der Waals surface area contributed by atoms with Gasteiger partial charge in [-0.05, 0) is 57.5 Å². The first-order valence-electron chi connectivity index (χ1n) is 16.9. The van der Waals surface area contributed by atoms with Crippen molar-refractivity contribution >= 4 is 43.2 Å². The van der Waals surface area contributed by atoms with Gasteiger partial charge in [0.15, 0.2) is 24.8 Å². The predicted octanol–water partition coefficient (Wildman–Crippen LogP) is 11.0. The summed E-state index contributed by atoms with van der Waals surface area (Å²) in [6.07, 6.45) is 33.8. The molecule has 0 amide bonds. The molecule has 0 fully saturated rings. The van der Waals surface area contributed by atoms with Gasteiger partial charge in [0.1, 0.15) is 0 Å². The number of rotatable bonds is 26. The van der Waals surface area contributed by atoms with Crippen molar-refractivity contribution < 1.29 is 9.13 Å². The number of nitrogens with zero attached hydrogens (tertiary/aromatic N) is 2. The van der Waals surface area contributed by atoms with E-state index in [0.29, 0.717) is 9.90 Å². The summed E-state index contributed by atoms with van der Waals surface area (Å²) in [4.78, 5) is 0.713. The molecule has 2 rings (SSSR count). The number of unbranched alkanes of at least 4 members (excludes halogenated alkanes) is 14. The highest BCUT2D eigenvalue weighted by molar-refractivity contribution is 9.09. The van der Waals surface area contributed by atoms with Gasteiger partial charge in [-0.1, -0.05) is 97.3 Å². The van der Waals surface area contributed by atoms with E-state index in [-0.39, 0.29) is 0 Å². The smallest absolute Gasteiger partial charge is 0.211 e. The van der Waals surface area contributed by atoms with Gasteiger partial charge in [-0.2, -0.15) is 9.13 Å². The van der Waals surface area contributed by atoms with Crippen molar-refractivity contribution in [1.82, 2.24) is 0 Å². The summed E-state index contributed by atoms with van der Waals surface area (Å²) in [6.45, 7) is 6.70. The minimum atomic E-state index is 0.356. The van der Waals surface area contributed by atoms with Crippen LogP contribution < -0.4 is 19.8 Å². The molecule has 2 aromatic rings. The van der Waals surface area contributed by atoms with Crippen molar-refractivity contribution in [1.29, 1.82) is 0 Å². The van der Waals surface area contributed by atoms with Crippen LogP contribution in [0.4, 0.5) is 11.4 Å². The van der Waals surface area contributed by atoms with Crippen LogP contribution in [-0.4, -0.2) is 13.1 Å². The van der Waals surface area contributed by atoms with Gasteiger partial charge in [0.25, 0.3) is 0 Å². The Morgan fingerprint density at radius 1 is 0.488 bits per heavy atom. The van der Waals surface area contributed by atoms with Crippen molar-refractivity contribution in [2.24, 2.45) is 0 Å². The number of nitrogens with one attached hydrogen (secondary N) is 2. The maximum Gasteiger partial charge on any atom is 0.211 e. The molecule has 6 heteroatoms. The zero-order valence-corrected chi connectivity index (χ0v) is 29.4. The lowest BCUT2D eigenvalue weighted by Gasteiger charge is -2.09. The molecule has 0 bridgehead atoms. The number of aromatic nitrogens is 2. The standard InChI is InChI=1S/C35H58Br2N4/c1-3-5-7-9-11-13-18-26-38-32-22-28-40(29-23-32)34(36)20-16-15-17-21-35(37)41-30-24-33(25-31-41)39-27-19-14-12-10-8-6-4-2/h22-25,28-31,34-35H,3-21,26-27H2,1-2H3/p+2. The van der Waals surface area contributed by atoms with E-state index in [0.717, 1.165) is 25.9 Å². The molecule has 0 aliphatic carbocycles. The quantitative estimate of drug-likeness (QED) is 0.0583. The SMILES string of the molecule is CCCCCCCCCNc1cc[n+](C(Br)CCCCCC(Br)[n+]2ccc(NCCCCCCCCC)cc2)cc1. The molecule has 232 valence electrons. The molecule has 0 aliphatic rings. The molecule has 2 heterocycles. The Kier molecular flexibility index (Phi) is 21.4. The first-order valence-corrected chi connectivity index (χ1v) is 18.7. The summed E-state index contributed by atoms with van der Waals surface area (Å²) < 4.78 is 4.57. The van der Waals surface area contributed by atoms with Crippen LogP contribution in [0.25, 0.3) is 0 Å². The Balaban J connectivity index is 1.52. The summed E-state index contributed by atoms with van der Waals surface area (Å²) in [5.74, 6) is 0. The summed E-state index contributed by atoms with van der Waals surface area (Å²) >= 11 is 7.79. The Morgan fingerprint density at radius 2 is 0.805 bits per heavy atom. The third-order valence-electron chi connectivity index (χ3n) is 7.96. The van der Waals surface area contributed by atoms with Crippen LogP contribution in [0.15, 0.2) is 49.1 Å². The van der Waals surface area contributed by atoms with E-state index >= 15 is 0 Å². The van der Waals surface area contributed by atoms with Crippen LogP contribution in [0.3, 0.4) is 0 Å².